The third-order valence-electron chi connectivity index (χ3n) is 3.78. The summed E-state index contributed by atoms with van der Waals surface area (Å²) >= 11 is 0. The highest BCUT2D eigenvalue weighted by molar-refractivity contribution is 7.92. The molecule has 1 aliphatic heterocycles. The van der Waals surface area contributed by atoms with Crippen molar-refractivity contribution in [3.05, 3.63) is 59.3 Å². The molecule has 0 bridgehead atoms. The summed E-state index contributed by atoms with van der Waals surface area (Å²) in [7, 11) is -3.51. The molecule has 1 aromatic carbocycles. The van der Waals surface area contributed by atoms with Gasteiger partial charge in [-0.05, 0) is 30.5 Å². The standard InChI is InChI=1S/C17H20N4O2S/c22-24(23,13-9-15-6-2-1-3-7-15)19-14-16-8-10-18-17(20-16)21-11-4-5-12-21/h1-3,6-10,13,19H,4-5,11-12,14H2/b13-9+. The molecule has 1 fully saturated rings. The van der Waals surface area contributed by atoms with E-state index in [4.69, 9.17) is 0 Å². The van der Waals surface area contributed by atoms with Gasteiger partial charge in [-0.2, -0.15) is 0 Å². The zero-order chi connectivity index (χ0) is 16.8. The van der Waals surface area contributed by atoms with E-state index in [0.29, 0.717) is 11.6 Å². The molecule has 0 saturated carbocycles. The van der Waals surface area contributed by atoms with Crippen LogP contribution in [0, 0.1) is 0 Å². The summed E-state index contributed by atoms with van der Waals surface area (Å²) in [4.78, 5) is 10.8. The van der Waals surface area contributed by atoms with Gasteiger partial charge >= 0.3 is 0 Å². The average molecular weight is 344 g/mol. The number of sulfonamides is 1. The summed E-state index contributed by atoms with van der Waals surface area (Å²) in [6.07, 6.45) is 5.52. The molecule has 0 radical (unpaired) electrons. The van der Waals surface area contributed by atoms with Gasteiger partial charge in [-0.1, -0.05) is 30.3 Å². The highest BCUT2D eigenvalue weighted by Crippen LogP contribution is 2.15. The zero-order valence-electron chi connectivity index (χ0n) is 13.3. The number of anilines is 1. The third-order valence-corrected chi connectivity index (χ3v) is 4.82. The lowest BCUT2D eigenvalue weighted by Gasteiger charge is -2.15. The first kappa shape index (κ1) is 16.6. The van der Waals surface area contributed by atoms with Crippen LogP contribution in [0.1, 0.15) is 24.1 Å². The normalized spacial score (nSPS) is 15.2. The van der Waals surface area contributed by atoms with Gasteiger partial charge in [0.1, 0.15) is 0 Å². The van der Waals surface area contributed by atoms with Crippen LogP contribution in [-0.2, 0) is 16.6 Å². The number of nitrogens with zero attached hydrogens (tertiary/aromatic N) is 3. The Hall–Kier alpha value is -2.25. The van der Waals surface area contributed by atoms with E-state index in [9.17, 15) is 8.42 Å². The lowest BCUT2D eigenvalue weighted by molar-refractivity contribution is 0.589. The smallest absolute Gasteiger partial charge is 0.234 e. The fourth-order valence-corrected chi connectivity index (χ4v) is 3.29. The summed E-state index contributed by atoms with van der Waals surface area (Å²) in [6.45, 7) is 2.05. The number of nitrogens with one attached hydrogen (secondary N) is 1. The topological polar surface area (TPSA) is 75.2 Å². The van der Waals surface area contributed by atoms with E-state index in [2.05, 4.69) is 19.6 Å². The summed E-state index contributed by atoms with van der Waals surface area (Å²) < 4.78 is 26.7. The van der Waals surface area contributed by atoms with Crippen molar-refractivity contribution in [1.82, 2.24) is 14.7 Å². The van der Waals surface area contributed by atoms with E-state index in [1.54, 1.807) is 18.3 Å². The van der Waals surface area contributed by atoms with Crippen molar-refractivity contribution in [2.75, 3.05) is 18.0 Å². The van der Waals surface area contributed by atoms with Gasteiger partial charge < -0.3 is 4.90 Å². The van der Waals surface area contributed by atoms with Crippen molar-refractivity contribution in [2.45, 2.75) is 19.4 Å². The number of hydrogen-bond donors (Lipinski definition) is 1. The SMILES string of the molecule is O=S(=O)(/C=C/c1ccccc1)NCc1ccnc(N2CCCC2)n1. The van der Waals surface area contributed by atoms with Crippen molar-refractivity contribution in [1.29, 1.82) is 0 Å². The van der Waals surface area contributed by atoms with E-state index in [1.807, 2.05) is 30.3 Å². The van der Waals surface area contributed by atoms with Gasteiger partial charge in [0.05, 0.1) is 12.2 Å². The minimum absolute atomic E-state index is 0.144. The molecule has 0 unspecified atom stereocenters. The molecule has 0 amide bonds. The van der Waals surface area contributed by atoms with Gasteiger partial charge in [-0.15, -0.1) is 0 Å². The predicted molar refractivity (Wildman–Crippen MR) is 94.7 cm³/mol. The van der Waals surface area contributed by atoms with Crippen LogP contribution in [0.25, 0.3) is 6.08 Å². The largest absolute Gasteiger partial charge is 0.341 e. The maximum Gasteiger partial charge on any atom is 0.234 e. The third kappa shape index (κ3) is 4.62. The first-order valence-electron chi connectivity index (χ1n) is 7.92. The molecular formula is C17H20N4O2S. The second kappa shape index (κ2) is 7.55. The average Bonchev–Trinajstić information content (AvgIpc) is 3.14. The monoisotopic (exact) mass is 344 g/mol. The fourth-order valence-electron chi connectivity index (χ4n) is 2.51. The number of hydrogen-bond acceptors (Lipinski definition) is 5. The molecule has 1 N–H and O–H groups in total. The molecular weight excluding hydrogens is 324 g/mol. The van der Waals surface area contributed by atoms with Gasteiger partial charge in [0, 0.05) is 24.7 Å². The van der Waals surface area contributed by atoms with Crippen molar-refractivity contribution < 1.29 is 8.42 Å². The van der Waals surface area contributed by atoms with E-state index in [1.165, 1.54) is 5.41 Å². The van der Waals surface area contributed by atoms with Crippen LogP contribution < -0.4 is 9.62 Å². The molecule has 1 aliphatic rings. The molecule has 0 spiro atoms. The second-order valence-electron chi connectivity index (χ2n) is 5.62. The molecule has 0 atom stereocenters. The molecule has 126 valence electrons. The van der Waals surface area contributed by atoms with Crippen molar-refractivity contribution in [2.24, 2.45) is 0 Å². The van der Waals surface area contributed by atoms with Gasteiger partial charge in [0.2, 0.25) is 16.0 Å². The van der Waals surface area contributed by atoms with Crippen molar-refractivity contribution >= 4 is 22.0 Å². The summed E-state index contributed by atoms with van der Waals surface area (Å²) in [5.41, 5.74) is 1.49. The molecule has 1 aromatic heterocycles. The minimum atomic E-state index is -3.51. The Balaban J connectivity index is 1.62. The highest BCUT2D eigenvalue weighted by Gasteiger charge is 2.15. The van der Waals surface area contributed by atoms with Crippen molar-refractivity contribution in [3.63, 3.8) is 0 Å². The Kier molecular flexibility index (Phi) is 5.22. The number of benzene rings is 1. The molecule has 1 saturated heterocycles. The van der Waals surface area contributed by atoms with Crippen LogP contribution >= 0.6 is 0 Å². The van der Waals surface area contributed by atoms with Crippen LogP contribution in [0.15, 0.2) is 48.0 Å². The highest BCUT2D eigenvalue weighted by atomic mass is 32.2. The van der Waals surface area contributed by atoms with Gasteiger partial charge in [0.15, 0.2) is 0 Å². The van der Waals surface area contributed by atoms with Crippen LogP contribution in [0.4, 0.5) is 5.95 Å². The lowest BCUT2D eigenvalue weighted by Crippen LogP contribution is -2.24. The Morgan fingerprint density at radius 3 is 2.62 bits per heavy atom. The van der Waals surface area contributed by atoms with Crippen LogP contribution in [0.3, 0.4) is 0 Å². The van der Waals surface area contributed by atoms with Crippen molar-refractivity contribution in [3.8, 4) is 0 Å². The Morgan fingerprint density at radius 1 is 1.12 bits per heavy atom. The van der Waals surface area contributed by atoms with E-state index < -0.39 is 10.0 Å². The molecule has 2 heterocycles. The maximum absolute atomic E-state index is 12.1. The van der Waals surface area contributed by atoms with E-state index in [0.717, 1.165) is 31.5 Å². The fraction of sp³-hybridized carbons (Fsp3) is 0.294. The molecule has 7 heteroatoms. The molecule has 6 nitrogen and oxygen atoms in total. The lowest BCUT2D eigenvalue weighted by atomic mass is 10.2. The molecule has 0 aliphatic carbocycles. The van der Waals surface area contributed by atoms with Crippen LogP contribution in [0.2, 0.25) is 0 Å². The first-order chi connectivity index (χ1) is 11.6. The zero-order valence-corrected chi connectivity index (χ0v) is 14.1. The van der Waals surface area contributed by atoms with Gasteiger partial charge in [-0.3, -0.25) is 0 Å². The maximum atomic E-state index is 12.1. The number of aromatic nitrogens is 2. The molecule has 2 aromatic rings. The molecule has 3 rings (SSSR count). The number of rotatable bonds is 6. The predicted octanol–water partition coefficient (Wildman–Crippen LogP) is 2.17. The Bertz CT molecular complexity index is 800. The van der Waals surface area contributed by atoms with Crippen LogP contribution in [-0.4, -0.2) is 31.5 Å². The molecule has 24 heavy (non-hydrogen) atoms. The first-order valence-corrected chi connectivity index (χ1v) is 9.47. The Labute approximate surface area is 142 Å². The van der Waals surface area contributed by atoms with E-state index in [-0.39, 0.29) is 6.54 Å². The Morgan fingerprint density at radius 2 is 1.88 bits per heavy atom. The summed E-state index contributed by atoms with van der Waals surface area (Å²) in [5, 5.41) is 1.17. The van der Waals surface area contributed by atoms with E-state index >= 15 is 0 Å². The second-order valence-corrected chi connectivity index (χ2v) is 7.27. The quantitative estimate of drug-likeness (QED) is 0.869. The summed E-state index contributed by atoms with van der Waals surface area (Å²) in [5.74, 6) is 0.670. The van der Waals surface area contributed by atoms with Crippen LogP contribution in [0.5, 0.6) is 0 Å². The van der Waals surface area contributed by atoms with Gasteiger partial charge in [0.25, 0.3) is 0 Å². The summed E-state index contributed by atoms with van der Waals surface area (Å²) in [6, 6.07) is 11.0. The van der Waals surface area contributed by atoms with Gasteiger partial charge in [-0.25, -0.2) is 23.1 Å². The minimum Gasteiger partial charge on any atom is -0.341 e.